The normalized spacial score (nSPS) is 11.6. The lowest BCUT2D eigenvalue weighted by atomic mass is 9.98. The van der Waals surface area contributed by atoms with Crippen LogP contribution in [0.3, 0.4) is 0 Å². The van der Waals surface area contributed by atoms with Crippen molar-refractivity contribution < 1.29 is 14.3 Å². The van der Waals surface area contributed by atoms with E-state index in [1.54, 1.807) is 6.08 Å². The van der Waals surface area contributed by atoms with Crippen LogP contribution in [-0.2, 0) is 9.59 Å². The molecule has 0 aliphatic heterocycles. The van der Waals surface area contributed by atoms with E-state index in [1.165, 1.54) is 17.4 Å². The van der Waals surface area contributed by atoms with E-state index in [2.05, 4.69) is 30.0 Å². The van der Waals surface area contributed by atoms with Gasteiger partial charge < -0.3 is 4.74 Å². The van der Waals surface area contributed by atoms with Gasteiger partial charge >= 0.3 is 0 Å². The zero-order valence-corrected chi connectivity index (χ0v) is 17.4. The van der Waals surface area contributed by atoms with Crippen LogP contribution in [0, 0.1) is 0 Å². The van der Waals surface area contributed by atoms with Crippen LogP contribution >= 0.6 is 23.6 Å². The fourth-order valence-electron chi connectivity index (χ4n) is 2.27. The number of nitrogens with one attached hydrogen (secondary N) is 3. The second-order valence-electron chi connectivity index (χ2n) is 5.98. The second kappa shape index (κ2) is 11.2. The number of carbonyl (C=O) groups excluding carboxylic acids is 2. The van der Waals surface area contributed by atoms with Crippen molar-refractivity contribution in [3.8, 4) is 5.75 Å². The minimum absolute atomic E-state index is 0.00538. The maximum absolute atomic E-state index is 12.0. The first-order chi connectivity index (χ1) is 13.5. The molecule has 1 unspecified atom stereocenters. The standard InChI is InChI=1S/C20H23N3O3S2/c1-3-14(2)16-8-4-5-9-17(16)26-13-19(25)22-23-20(27)21-18(24)11-10-15-7-6-12-28-15/h4-12,14H,3,13H2,1-2H3,(H,22,25)(H2,21,23,24,27)/b11-10+. The van der Waals surface area contributed by atoms with Crippen molar-refractivity contribution >= 4 is 46.6 Å². The number of thiophene rings is 1. The van der Waals surface area contributed by atoms with E-state index in [1.807, 2.05) is 41.8 Å². The summed E-state index contributed by atoms with van der Waals surface area (Å²) in [5.41, 5.74) is 5.94. The summed E-state index contributed by atoms with van der Waals surface area (Å²) in [4.78, 5) is 24.7. The van der Waals surface area contributed by atoms with Gasteiger partial charge in [0.05, 0.1) is 0 Å². The van der Waals surface area contributed by atoms with Crippen molar-refractivity contribution in [2.45, 2.75) is 26.2 Å². The molecule has 28 heavy (non-hydrogen) atoms. The highest BCUT2D eigenvalue weighted by molar-refractivity contribution is 7.80. The lowest BCUT2D eigenvalue weighted by Crippen LogP contribution is -2.49. The zero-order chi connectivity index (χ0) is 20.4. The molecular formula is C20H23N3O3S2. The van der Waals surface area contributed by atoms with Gasteiger partial charge in [0.25, 0.3) is 5.91 Å². The molecule has 6 nitrogen and oxygen atoms in total. The Morgan fingerprint density at radius 3 is 2.71 bits per heavy atom. The van der Waals surface area contributed by atoms with Gasteiger partial charge in [-0.1, -0.05) is 38.1 Å². The number of hydrogen-bond acceptors (Lipinski definition) is 5. The predicted molar refractivity (Wildman–Crippen MR) is 116 cm³/mol. The molecular weight excluding hydrogens is 394 g/mol. The molecule has 0 aliphatic rings. The Morgan fingerprint density at radius 2 is 2.00 bits per heavy atom. The SMILES string of the molecule is CCC(C)c1ccccc1OCC(=O)NNC(=S)NC(=O)/C=C/c1cccs1. The Balaban J connectivity index is 1.73. The molecule has 1 heterocycles. The third-order valence-electron chi connectivity index (χ3n) is 3.92. The molecule has 0 fully saturated rings. The monoisotopic (exact) mass is 417 g/mol. The molecule has 0 aliphatic carbocycles. The summed E-state index contributed by atoms with van der Waals surface area (Å²) >= 11 is 6.50. The van der Waals surface area contributed by atoms with Crippen LogP contribution < -0.4 is 20.9 Å². The van der Waals surface area contributed by atoms with Crippen LogP contribution in [0.1, 0.15) is 36.6 Å². The number of benzene rings is 1. The van der Waals surface area contributed by atoms with Crippen molar-refractivity contribution in [1.82, 2.24) is 16.2 Å². The highest BCUT2D eigenvalue weighted by Gasteiger charge is 2.11. The lowest BCUT2D eigenvalue weighted by molar-refractivity contribution is -0.123. The van der Waals surface area contributed by atoms with E-state index < -0.39 is 5.91 Å². The summed E-state index contributed by atoms with van der Waals surface area (Å²) in [6.45, 7) is 4.04. The summed E-state index contributed by atoms with van der Waals surface area (Å²) in [7, 11) is 0. The summed E-state index contributed by atoms with van der Waals surface area (Å²) in [5.74, 6) is 0.215. The number of amides is 2. The molecule has 0 radical (unpaired) electrons. The van der Waals surface area contributed by atoms with E-state index in [4.69, 9.17) is 17.0 Å². The molecule has 3 N–H and O–H groups in total. The topological polar surface area (TPSA) is 79.5 Å². The molecule has 2 rings (SSSR count). The molecule has 1 atom stereocenters. The molecule has 0 bridgehead atoms. The maximum atomic E-state index is 12.0. The lowest BCUT2D eigenvalue weighted by Gasteiger charge is -2.16. The first-order valence-corrected chi connectivity index (χ1v) is 10.1. The van der Waals surface area contributed by atoms with Gasteiger partial charge in [0, 0.05) is 11.0 Å². The molecule has 148 valence electrons. The third kappa shape index (κ3) is 7.13. The number of hydrogen-bond donors (Lipinski definition) is 3. The number of para-hydroxylation sites is 1. The number of thiocarbonyl (C=S) groups is 1. The van der Waals surface area contributed by atoms with Gasteiger partial charge in [-0.3, -0.25) is 25.8 Å². The van der Waals surface area contributed by atoms with Gasteiger partial charge in [-0.2, -0.15) is 0 Å². The molecule has 2 aromatic rings. The Morgan fingerprint density at radius 1 is 1.21 bits per heavy atom. The first-order valence-electron chi connectivity index (χ1n) is 8.82. The highest BCUT2D eigenvalue weighted by atomic mass is 32.1. The summed E-state index contributed by atoms with van der Waals surface area (Å²) in [6.07, 6.45) is 4.03. The highest BCUT2D eigenvalue weighted by Crippen LogP contribution is 2.28. The number of carbonyl (C=O) groups is 2. The molecule has 2 amide bonds. The van der Waals surface area contributed by atoms with Crippen LogP contribution in [0.4, 0.5) is 0 Å². The van der Waals surface area contributed by atoms with Crippen LogP contribution in [0.25, 0.3) is 6.08 Å². The van der Waals surface area contributed by atoms with Crippen LogP contribution in [0.5, 0.6) is 5.75 Å². The summed E-state index contributed by atoms with van der Waals surface area (Å²) in [5, 5.41) is 4.36. The molecule has 1 aromatic carbocycles. The van der Waals surface area contributed by atoms with E-state index >= 15 is 0 Å². The van der Waals surface area contributed by atoms with Crippen molar-refractivity contribution in [2.24, 2.45) is 0 Å². The Labute approximate surface area is 174 Å². The fourth-order valence-corrected chi connectivity index (χ4v) is 3.04. The van der Waals surface area contributed by atoms with Gasteiger partial charge in [0.1, 0.15) is 5.75 Å². The van der Waals surface area contributed by atoms with Crippen molar-refractivity contribution in [3.05, 3.63) is 58.3 Å². The van der Waals surface area contributed by atoms with E-state index in [-0.39, 0.29) is 17.6 Å². The Bertz CT molecular complexity index is 835. The average molecular weight is 418 g/mol. The quantitative estimate of drug-likeness (QED) is 0.366. The molecule has 0 saturated carbocycles. The van der Waals surface area contributed by atoms with Crippen molar-refractivity contribution in [2.75, 3.05) is 6.61 Å². The molecule has 8 heteroatoms. The zero-order valence-electron chi connectivity index (χ0n) is 15.7. The Hall–Kier alpha value is -2.71. The average Bonchev–Trinajstić information content (AvgIpc) is 3.22. The number of hydrazine groups is 1. The van der Waals surface area contributed by atoms with Gasteiger partial charge in [-0.15, -0.1) is 11.3 Å². The fraction of sp³-hybridized carbons (Fsp3) is 0.250. The molecule has 0 spiro atoms. The largest absolute Gasteiger partial charge is 0.483 e. The van der Waals surface area contributed by atoms with E-state index in [9.17, 15) is 9.59 Å². The van der Waals surface area contributed by atoms with Crippen molar-refractivity contribution in [1.29, 1.82) is 0 Å². The first kappa shape index (κ1) is 21.6. The third-order valence-corrected chi connectivity index (χ3v) is 4.96. The van der Waals surface area contributed by atoms with Crippen LogP contribution in [0.2, 0.25) is 0 Å². The summed E-state index contributed by atoms with van der Waals surface area (Å²) in [6, 6.07) is 11.4. The van der Waals surface area contributed by atoms with Gasteiger partial charge in [0.15, 0.2) is 11.7 Å². The minimum atomic E-state index is -0.412. The maximum Gasteiger partial charge on any atom is 0.276 e. The smallest absolute Gasteiger partial charge is 0.276 e. The van der Waals surface area contributed by atoms with Crippen LogP contribution in [-0.4, -0.2) is 23.5 Å². The Kier molecular flexibility index (Phi) is 8.64. The van der Waals surface area contributed by atoms with Crippen molar-refractivity contribution in [3.63, 3.8) is 0 Å². The molecule has 1 aromatic heterocycles. The predicted octanol–water partition coefficient (Wildman–Crippen LogP) is 3.38. The van der Waals surface area contributed by atoms with Gasteiger partial charge in [-0.25, -0.2) is 0 Å². The second-order valence-corrected chi connectivity index (χ2v) is 7.36. The minimum Gasteiger partial charge on any atom is -0.483 e. The van der Waals surface area contributed by atoms with Crippen LogP contribution in [0.15, 0.2) is 47.9 Å². The summed E-state index contributed by atoms with van der Waals surface area (Å²) < 4.78 is 5.62. The van der Waals surface area contributed by atoms with Gasteiger partial charge in [-0.05, 0) is 53.7 Å². The van der Waals surface area contributed by atoms with Gasteiger partial charge in [0.2, 0.25) is 5.91 Å². The van der Waals surface area contributed by atoms with E-state index in [0.717, 1.165) is 16.9 Å². The number of rotatable bonds is 7. The molecule has 0 saturated heterocycles. The van der Waals surface area contributed by atoms with E-state index in [0.29, 0.717) is 11.7 Å². The number of ether oxygens (including phenoxy) is 1.